The Morgan fingerprint density at radius 1 is 0.367 bits per heavy atom. The van der Waals surface area contributed by atoms with Gasteiger partial charge in [0.1, 0.15) is 11.2 Å². The van der Waals surface area contributed by atoms with Crippen molar-refractivity contribution in [1.82, 2.24) is 9.13 Å². The smallest absolute Gasteiger partial charge is 0.135 e. The Kier molecular flexibility index (Phi) is 5.38. The molecule has 0 amide bonds. The summed E-state index contributed by atoms with van der Waals surface area (Å²) in [7, 11) is 0. The molecule has 228 valence electrons. The van der Waals surface area contributed by atoms with E-state index in [4.69, 9.17) is 4.42 Å². The molecule has 0 atom stereocenters. The summed E-state index contributed by atoms with van der Waals surface area (Å²) < 4.78 is 10.9. The van der Waals surface area contributed by atoms with Gasteiger partial charge in [0.2, 0.25) is 0 Å². The van der Waals surface area contributed by atoms with E-state index in [1.54, 1.807) is 0 Å². The van der Waals surface area contributed by atoms with Crippen molar-refractivity contribution in [3.63, 3.8) is 0 Å². The van der Waals surface area contributed by atoms with Crippen LogP contribution in [-0.2, 0) is 0 Å². The first kappa shape index (κ1) is 26.5. The molecule has 8 aromatic carbocycles. The number of aromatic nitrogens is 2. The largest absolute Gasteiger partial charge is 0.456 e. The molecular formula is C46H28N2O. The van der Waals surface area contributed by atoms with Gasteiger partial charge in [0.05, 0.1) is 16.6 Å². The Bertz CT molecular complexity index is 3090. The molecule has 0 saturated carbocycles. The van der Waals surface area contributed by atoms with Crippen LogP contribution in [0.1, 0.15) is 0 Å². The molecule has 0 radical (unpaired) electrons. The van der Waals surface area contributed by atoms with Crippen LogP contribution >= 0.6 is 0 Å². The summed E-state index contributed by atoms with van der Waals surface area (Å²) in [5.74, 6) is 0. The number of hydrogen-bond acceptors (Lipinski definition) is 1. The maximum atomic E-state index is 6.24. The zero-order valence-corrected chi connectivity index (χ0v) is 26.5. The van der Waals surface area contributed by atoms with Gasteiger partial charge in [0.15, 0.2) is 0 Å². The fraction of sp³-hybridized carbons (Fsp3) is 0. The van der Waals surface area contributed by atoms with Crippen molar-refractivity contribution >= 4 is 76.2 Å². The average molecular weight is 625 g/mol. The number of hydrogen-bond donors (Lipinski definition) is 0. The molecule has 11 rings (SSSR count). The highest BCUT2D eigenvalue weighted by Gasteiger charge is 2.18. The van der Waals surface area contributed by atoms with Crippen molar-refractivity contribution in [2.24, 2.45) is 0 Å². The van der Waals surface area contributed by atoms with Crippen molar-refractivity contribution in [2.75, 3.05) is 0 Å². The number of benzene rings is 8. The normalized spacial score (nSPS) is 12.1. The number of furan rings is 1. The van der Waals surface area contributed by atoms with Crippen LogP contribution in [0.4, 0.5) is 0 Å². The summed E-state index contributed by atoms with van der Waals surface area (Å²) in [6.45, 7) is 0. The van der Waals surface area contributed by atoms with E-state index >= 15 is 0 Å². The summed E-state index contributed by atoms with van der Waals surface area (Å²) in [6.07, 6.45) is 2.19. The molecule has 0 spiro atoms. The highest BCUT2D eigenvalue weighted by atomic mass is 16.3. The van der Waals surface area contributed by atoms with E-state index in [0.717, 1.165) is 33.3 Å². The molecule has 0 bridgehead atoms. The molecule has 49 heavy (non-hydrogen) atoms. The molecule has 0 N–H and O–H groups in total. The Labute approximate surface area is 281 Å². The highest BCUT2D eigenvalue weighted by molar-refractivity contribution is 6.23. The molecule has 3 nitrogen and oxygen atoms in total. The van der Waals surface area contributed by atoms with Gasteiger partial charge in [0.25, 0.3) is 0 Å². The van der Waals surface area contributed by atoms with Gasteiger partial charge in [0, 0.05) is 44.5 Å². The van der Waals surface area contributed by atoms with Crippen LogP contribution in [0.2, 0.25) is 0 Å². The summed E-state index contributed by atoms with van der Waals surface area (Å²) in [4.78, 5) is 0. The molecule has 0 saturated heterocycles. The Morgan fingerprint density at radius 2 is 1.10 bits per heavy atom. The second-order valence-corrected chi connectivity index (χ2v) is 13.0. The molecule has 0 aliphatic heterocycles. The van der Waals surface area contributed by atoms with E-state index in [1.807, 2.05) is 12.1 Å². The first-order chi connectivity index (χ1) is 24.3. The van der Waals surface area contributed by atoms with Gasteiger partial charge in [-0.3, -0.25) is 0 Å². The summed E-state index contributed by atoms with van der Waals surface area (Å²) in [6, 6.07) is 59.3. The topological polar surface area (TPSA) is 23.0 Å². The first-order valence-corrected chi connectivity index (χ1v) is 16.8. The van der Waals surface area contributed by atoms with Crippen molar-refractivity contribution in [2.45, 2.75) is 0 Å². The van der Waals surface area contributed by atoms with Crippen molar-refractivity contribution < 1.29 is 4.42 Å². The van der Waals surface area contributed by atoms with Crippen LogP contribution in [0.5, 0.6) is 0 Å². The zero-order chi connectivity index (χ0) is 32.1. The van der Waals surface area contributed by atoms with E-state index in [1.165, 1.54) is 65.4 Å². The van der Waals surface area contributed by atoms with Crippen LogP contribution in [0, 0.1) is 0 Å². The minimum atomic E-state index is 0.908. The maximum Gasteiger partial charge on any atom is 0.135 e. The van der Waals surface area contributed by atoms with Gasteiger partial charge >= 0.3 is 0 Å². The second-order valence-electron chi connectivity index (χ2n) is 13.0. The van der Waals surface area contributed by atoms with Crippen molar-refractivity contribution in [3.8, 4) is 22.5 Å². The lowest BCUT2D eigenvalue weighted by Gasteiger charge is -2.14. The number of nitrogens with zero attached hydrogens (tertiary/aromatic N) is 2. The van der Waals surface area contributed by atoms with Crippen molar-refractivity contribution in [1.29, 1.82) is 0 Å². The molecular weight excluding hydrogens is 597 g/mol. The first-order valence-electron chi connectivity index (χ1n) is 16.8. The van der Waals surface area contributed by atoms with E-state index in [2.05, 4.69) is 167 Å². The quantitative estimate of drug-likeness (QED) is 0.179. The molecule has 0 aliphatic carbocycles. The fourth-order valence-electron chi connectivity index (χ4n) is 8.05. The molecule has 0 aliphatic rings. The lowest BCUT2D eigenvalue weighted by molar-refractivity contribution is 0.669. The zero-order valence-electron chi connectivity index (χ0n) is 26.5. The Hall–Kier alpha value is -6.58. The Morgan fingerprint density at radius 3 is 1.96 bits per heavy atom. The van der Waals surface area contributed by atoms with Crippen LogP contribution in [0.25, 0.3) is 98.7 Å². The van der Waals surface area contributed by atoms with Crippen molar-refractivity contribution in [3.05, 3.63) is 170 Å². The van der Waals surface area contributed by atoms with Crippen LogP contribution in [0.3, 0.4) is 0 Å². The lowest BCUT2D eigenvalue weighted by Crippen LogP contribution is -1.94. The van der Waals surface area contributed by atoms with E-state index in [0.29, 0.717) is 0 Å². The number of rotatable bonds is 3. The van der Waals surface area contributed by atoms with E-state index in [9.17, 15) is 0 Å². The van der Waals surface area contributed by atoms with Gasteiger partial charge in [-0.15, -0.1) is 0 Å². The SMILES string of the molecule is c1ccc(-n2ccc3cc4c(cc(-c5ccc6oc7ccccc7c6c5)c5cc6c7ccccc7n(-c7ccccc7)c6cc54)cc32)cc1. The predicted molar refractivity (Wildman–Crippen MR) is 205 cm³/mol. The monoisotopic (exact) mass is 624 g/mol. The van der Waals surface area contributed by atoms with Gasteiger partial charge in [-0.2, -0.15) is 0 Å². The number of fused-ring (bicyclic) bond motifs is 10. The average Bonchev–Trinajstić information content (AvgIpc) is 3.85. The van der Waals surface area contributed by atoms with Crippen LogP contribution in [-0.4, -0.2) is 9.13 Å². The van der Waals surface area contributed by atoms with E-state index in [-0.39, 0.29) is 0 Å². The molecule has 11 aromatic rings. The Balaban J connectivity index is 1.29. The molecule has 0 fully saturated rings. The third kappa shape index (κ3) is 3.84. The van der Waals surface area contributed by atoms with Crippen LogP contribution < -0.4 is 0 Å². The van der Waals surface area contributed by atoms with Gasteiger partial charge in [-0.1, -0.05) is 78.9 Å². The van der Waals surface area contributed by atoms with Crippen LogP contribution in [0.15, 0.2) is 174 Å². The molecule has 3 heteroatoms. The minimum Gasteiger partial charge on any atom is -0.456 e. The highest BCUT2D eigenvalue weighted by Crippen LogP contribution is 2.43. The summed E-state index contributed by atoms with van der Waals surface area (Å²) >= 11 is 0. The van der Waals surface area contributed by atoms with E-state index < -0.39 is 0 Å². The molecule has 3 heterocycles. The predicted octanol–water partition coefficient (Wildman–Crippen LogP) is 12.6. The summed E-state index contributed by atoms with van der Waals surface area (Å²) in [5.41, 5.74) is 10.1. The third-order valence-corrected chi connectivity index (χ3v) is 10.3. The maximum absolute atomic E-state index is 6.24. The number of para-hydroxylation sites is 4. The van der Waals surface area contributed by atoms with Gasteiger partial charge in [-0.05, 0) is 118 Å². The molecule has 3 aromatic heterocycles. The van der Waals surface area contributed by atoms with Gasteiger partial charge in [-0.25, -0.2) is 0 Å². The van der Waals surface area contributed by atoms with Gasteiger partial charge < -0.3 is 13.6 Å². The lowest BCUT2D eigenvalue weighted by atomic mass is 9.91. The standard InChI is InChI=1S/C46H28N2O/c1-3-11-32(12-4-1)47-22-21-30-24-37-31(26-43(30)47)25-36(29-19-20-46-41(23-29)35-16-8-10-18-45(35)49-46)38-27-40-34-15-7-9-17-42(34)48(44(40)28-39(37)38)33-13-5-2-6-14-33/h1-28H. The molecule has 0 unspecified atom stereocenters. The fourth-order valence-corrected chi connectivity index (χ4v) is 8.05. The third-order valence-electron chi connectivity index (χ3n) is 10.3. The summed E-state index contributed by atoms with van der Waals surface area (Å²) in [5, 5.41) is 10.9. The minimum absolute atomic E-state index is 0.908. The second kappa shape index (κ2) is 9.96.